The summed E-state index contributed by atoms with van der Waals surface area (Å²) in [5.74, 6) is 0.243. The molecule has 0 fully saturated rings. The van der Waals surface area contributed by atoms with Crippen LogP contribution in [0.4, 0.5) is 4.39 Å². The average molecular weight is 516 g/mol. The van der Waals surface area contributed by atoms with E-state index < -0.39 is 0 Å². The molecular weight excluding hydrogens is 481 g/mol. The van der Waals surface area contributed by atoms with Crippen LogP contribution in [0, 0.1) is 11.7 Å². The summed E-state index contributed by atoms with van der Waals surface area (Å²) in [5.41, 5.74) is 3.62. The van der Waals surface area contributed by atoms with Crippen LogP contribution in [0.25, 0.3) is 0 Å². The predicted molar refractivity (Wildman–Crippen MR) is 149 cm³/mol. The van der Waals surface area contributed by atoms with Crippen LogP contribution in [-0.2, 0) is 13.1 Å². The second kappa shape index (κ2) is 13.3. The minimum Gasteiger partial charge on any atom is -0.350 e. The van der Waals surface area contributed by atoms with Crippen molar-refractivity contribution in [1.29, 1.82) is 0 Å². The molecule has 1 N–H and O–H groups in total. The second-order valence-electron chi connectivity index (χ2n) is 9.70. The molecule has 1 aromatic heterocycles. The molecule has 3 aromatic carbocycles. The lowest BCUT2D eigenvalue weighted by molar-refractivity contribution is 0.0944. The molecule has 37 heavy (non-hydrogen) atoms. The van der Waals surface area contributed by atoms with Crippen molar-refractivity contribution < 1.29 is 9.18 Å². The van der Waals surface area contributed by atoms with Crippen LogP contribution in [-0.4, -0.2) is 28.9 Å². The number of halogens is 1. The number of rotatable bonds is 12. The summed E-state index contributed by atoms with van der Waals surface area (Å²) in [7, 11) is 0. The molecule has 192 valence electrons. The third kappa shape index (κ3) is 7.81. The van der Waals surface area contributed by atoms with Gasteiger partial charge in [-0.05, 0) is 36.1 Å². The Morgan fingerprint density at radius 1 is 0.919 bits per heavy atom. The van der Waals surface area contributed by atoms with Crippen molar-refractivity contribution in [3.8, 4) is 0 Å². The number of nitrogens with zero attached hydrogens (tertiary/aromatic N) is 2. The molecule has 6 heteroatoms. The van der Waals surface area contributed by atoms with Crippen LogP contribution in [0.1, 0.15) is 58.4 Å². The molecule has 4 aromatic rings. The van der Waals surface area contributed by atoms with Crippen LogP contribution < -0.4 is 5.32 Å². The SMILES string of the molecule is CC(C)CNC(=O)c1csc(CN(CCC(c2ccccc2)c2ccccc2)Cc2ccccc2F)n1. The van der Waals surface area contributed by atoms with Crippen molar-refractivity contribution in [2.45, 2.75) is 39.3 Å². The van der Waals surface area contributed by atoms with Gasteiger partial charge in [-0.1, -0.05) is 92.7 Å². The van der Waals surface area contributed by atoms with Crippen LogP contribution in [0.3, 0.4) is 0 Å². The van der Waals surface area contributed by atoms with Crippen LogP contribution in [0.15, 0.2) is 90.3 Å². The largest absolute Gasteiger partial charge is 0.350 e. The number of hydrogen-bond acceptors (Lipinski definition) is 4. The fourth-order valence-corrected chi connectivity index (χ4v) is 5.17. The Morgan fingerprint density at radius 2 is 1.54 bits per heavy atom. The number of thiazole rings is 1. The van der Waals surface area contributed by atoms with E-state index in [0.29, 0.717) is 36.8 Å². The lowest BCUT2D eigenvalue weighted by Crippen LogP contribution is -2.28. The Bertz CT molecular complexity index is 1220. The van der Waals surface area contributed by atoms with Gasteiger partial charge in [-0.25, -0.2) is 9.37 Å². The van der Waals surface area contributed by atoms with Crippen molar-refractivity contribution in [3.63, 3.8) is 0 Å². The van der Waals surface area contributed by atoms with E-state index in [2.05, 4.69) is 77.6 Å². The Kier molecular flexibility index (Phi) is 9.58. The predicted octanol–water partition coefficient (Wildman–Crippen LogP) is 6.89. The van der Waals surface area contributed by atoms with Gasteiger partial charge in [0.2, 0.25) is 0 Å². The summed E-state index contributed by atoms with van der Waals surface area (Å²) >= 11 is 1.47. The fourth-order valence-electron chi connectivity index (χ4n) is 4.36. The number of benzene rings is 3. The normalized spacial score (nSPS) is 11.4. The highest BCUT2D eigenvalue weighted by atomic mass is 32.1. The number of nitrogens with one attached hydrogen (secondary N) is 1. The molecule has 0 saturated heterocycles. The van der Waals surface area contributed by atoms with Gasteiger partial charge in [-0.15, -0.1) is 11.3 Å². The molecule has 0 radical (unpaired) electrons. The second-order valence-corrected chi connectivity index (χ2v) is 10.6. The number of hydrogen-bond donors (Lipinski definition) is 1. The first kappa shape index (κ1) is 26.7. The van der Waals surface area contributed by atoms with Crippen LogP contribution in [0.5, 0.6) is 0 Å². The first-order chi connectivity index (χ1) is 18.0. The molecular formula is C31H34FN3OS. The standard InChI is InChI=1S/C31H34FN3OS/c1-23(2)19-33-31(36)29-22-37-30(34-29)21-35(20-26-15-9-10-16-28(26)32)18-17-27(24-11-5-3-6-12-24)25-13-7-4-8-14-25/h3-16,22-23,27H,17-21H2,1-2H3,(H,33,36). The van der Waals surface area contributed by atoms with Crippen molar-refractivity contribution in [2.24, 2.45) is 5.92 Å². The molecule has 0 saturated carbocycles. The van der Waals surface area contributed by atoms with Gasteiger partial charge < -0.3 is 5.32 Å². The van der Waals surface area contributed by atoms with Gasteiger partial charge in [0, 0.05) is 30.0 Å². The summed E-state index contributed by atoms with van der Waals surface area (Å²) in [6, 6.07) is 28.0. The lowest BCUT2D eigenvalue weighted by Gasteiger charge is -2.25. The molecule has 0 spiro atoms. The zero-order valence-corrected chi connectivity index (χ0v) is 22.3. The van der Waals surface area contributed by atoms with E-state index in [4.69, 9.17) is 0 Å². The van der Waals surface area contributed by atoms with Gasteiger partial charge in [-0.2, -0.15) is 0 Å². The topological polar surface area (TPSA) is 45.2 Å². The maximum absolute atomic E-state index is 14.6. The maximum Gasteiger partial charge on any atom is 0.270 e. The van der Waals surface area contributed by atoms with Crippen molar-refractivity contribution in [3.05, 3.63) is 124 Å². The molecule has 0 aliphatic rings. The third-order valence-electron chi connectivity index (χ3n) is 6.30. The number of carbonyl (C=O) groups excluding carboxylic acids is 1. The monoisotopic (exact) mass is 515 g/mol. The summed E-state index contributed by atoms with van der Waals surface area (Å²) < 4.78 is 14.6. The number of carbonyl (C=O) groups is 1. The summed E-state index contributed by atoms with van der Waals surface area (Å²) in [6.45, 7) is 6.50. The third-order valence-corrected chi connectivity index (χ3v) is 7.14. The highest BCUT2D eigenvalue weighted by Gasteiger charge is 2.19. The Balaban J connectivity index is 1.53. The van der Waals surface area contributed by atoms with Gasteiger partial charge >= 0.3 is 0 Å². The molecule has 4 nitrogen and oxygen atoms in total. The molecule has 0 aliphatic heterocycles. The lowest BCUT2D eigenvalue weighted by atomic mass is 9.88. The summed E-state index contributed by atoms with van der Waals surface area (Å²) in [4.78, 5) is 19.3. The first-order valence-electron chi connectivity index (χ1n) is 12.8. The summed E-state index contributed by atoms with van der Waals surface area (Å²) in [5, 5.41) is 5.59. The van der Waals surface area contributed by atoms with E-state index in [9.17, 15) is 9.18 Å². The van der Waals surface area contributed by atoms with E-state index in [1.54, 1.807) is 6.07 Å². The van der Waals surface area contributed by atoms with Crippen molar-refractivity contribution in [2.75, 3.05) is 13.1 Å². The Morgan fingerprint density at radius 3 is 2.16 bits per heavy atom. The van der Waals surface area contributed by atoms with Gasteiger partial charge in [0.1, 0.15) is 16.5 Å². The van der Waals surface area contributed by atoms with E-state index in [1.807, 2.05) is 29.6 Å². The average Bonchev–Trinajstić information content (AvgIpc) is 3.38. The molecule has 0 aliphatic carbocycles. The number of aromatic nitrogens is 1. The highest BCUT2D eigenvalue weighted by molar-refractivity contribution is 7.09. The van der Waals surface area contributed by atoms with Crippen molar-refractivity contribution >= 4 is 17.2 Å². The first-order valence-corrected chi connectivity index (χ1v) is 13.7. The van der Waals surface area contributed by atoms with E-state index >= 15 is 0 Å². The molecule has 0 bridgehead atoms. The van der Waals surface area contributed by atoms with Crippen LogP contribution >= 0.6 is 11.3 Å². The van der Waals surface area contributed by atoms with Gasteiger partial charge in [0.05, 0.1) is 6.54 Å². The van der Waals surface area contributed by atoms with E-state index in [-0.39, 0.29) is 17.6 Å². The van der Waals surface area contributed by atoms with Gasteiger partial charge in [0.25, 0.3) is 5.91 Å². The van der Waals surface area contributed by atoms with Gasteiger partial charge in [0.15, 0.2) is 0 Å². The zero-order valence-electron chi connectivity index (χ0n) is 21.4. The molecule has 0 unspecified atom stereocenters. The zero-order chi connectivity index (χ0) is 26.0. The molecule has 4 rings (SSSR count). The maximum atomic E-state index is 14.6. The summed E-state index contributed by atoms with van der Waals surface area (Å²) in [6.07, 6.45) is 0.871. The Labute approximate surface area is 223 Å². The highest BCUT2D eigenvalue weighted by Crippen LogP contribution is 2.29. The molecule has 0 atom stereocenters. The van der Waals surface area contributed by atoms with Crippen LogP contribution in [0.2, 0.25) is 0 Å². The fraction of sp³-hybridized carbons (Fsp3) is 0.290. The van der Waals surface area contributed by atoms with E-state index in [0.717, 1.165) is 18.0 Å². The minimum absolute atomic E-state index is 0.148. The smallest absolute Gasteiger partial charge is 0.270 e. The van der Waals surface area contributed by atoms with E-state index in [1.165, 1.54) is 28.5 Å². The molecule has 1 heterocycles. The number of amides is 1. The minimum atomic E-state index is -0.206. The van der Waals surface area contributed by atoms with Crippen molar-refractivity contribution in [1.82, 2.24) is 15.2 Å². The van der Waals surface area contributed by atoms with Gasteiger partial charge in [-0.3, -0.25) is 9.69 Å². The molecule has 1 amide bonds. The quantitative estimate of drug-likeness (QED) is 0.223. The Hall–Kier alpha value is -3.35.